The lowest BCUT2D eigenvalue weighted by molar-refractivity contribution is 0.262. The summed E-state index contributed by atoms with van der Waals surface area (Å²) in [5.41, 5.74) is 1.45. The number of carbonyl (C=O) groups excluding carboxylic acids is 1. The van der Waals surface area contributed by atoms with E-state index in [0.29, 0.717) is 16.7 Å². The number of nitrogens with one attached hydrogen (secondary N) is 2. The summed E-state index contributed by atoms with van der Waals surface area (Å²) in [5, 5.41) is 9.95. The van der Waals surface area contributed by atoms with Crippen LogP contribution in [-0.4, -0.2) is 20.8 Å². The van der Waals surface area contributed by atoms with Crippen molar-refractivity contribution in [3.63, 3.8) is 0 Å². The van der Waals surface area contributed by atoms with Gasteiger partial charge in [0.05, 0.1) is 0 Å². The van der Waals surface area contributed by atoms with Crippen LogP contribution in [0.3, 0.4) is 0 Å². The van der Waals surface area contributed by atoms with Crippen LogP contribution in [-0.2, 0) is 0 Å². The average Bonchev–Trinajstić information content (AvgIpc) is 2.82. The molecule has 0 aliphatic carbocycles. The summed E-state index contributed by atoms with van der Waals surface area (Å²) >= 11 is 5.80. The van der Waals surface area contributed by atoms with Crippen LogP contribution < -0.4 is 10.6 Å². The quantitative estimate of drug-likeness (QED) is 0.851. The molecule has 0 saturated heterocycles. The molecule has 0 spiro atoms. The maximum absolute atomic E-state index is 11.9. The minimum atomic E-state index is -0.371. The molecule has 0 fully saturated rings. The largest absolute Gasteiger partial charge is 0.324 e. The molecule has 0 aliphatic heterocycles. The van der Waals surface area contributed by atoms with Crippen LogP contribution in [0.2, 0.25) is 5.15 Å². The molecular formula is C13H16ClN5O. The Labute approximate surface area is 122 Å². The van der Waals surface area contributed by atoms with E-state index in [0.717, 1.165) is 5.56 Å². The lowest BCUT2D eigenvalue weighted by Crippen LogP contribution is -2.20. The second-order valence-corrected chi connectivity index (χ2v) is 5.06. The molecular weight excluding hydrogens is 278 g/mol. The first-order chi connectivity index (χ1) is 9.45. The van der Waals surface area contributed by atoms with Crippen LogP contribution in [0.25, 0.3) is 0 Å². The van der Waals surface area contributed by atoms with Crippen molar-refractivity contribution in [1.82, 2.24) is 14.8 Å². The van der Waals surface area contributed by atoms with E-state index in [4.69, 9.17) is 11.6 Å². The van der Waals surface area contributed by atoms with Crippen LogP contribution in [0.1, 0.15) is 25.5 Å². The number of hydrogen-bond acceptors (Lipinski definition) is 3. The van der Waals surface area contributed by atoms with E-state index in [-0.39, 0.29) is 12.1 Å². The third-order valence-electron chi connectivity index (χ3n) is 2.70. The Kier molecular flexibility index (Phi) is 4.24. The van der Waals surface area contributed by atoms with Gasteiger partial charge in [0, 0.05) is 30.2 Å². The average molecular weight is 294 g/mol. The lowest BCUT2D eigenvalue weighted by Gasteiger charge is -2.08. The van der Waals surface area contributed by atoms with Gasteiger partial charge in [-0.2, -0.15) is 5.10 Å². The first kappa shape index (κ1) is 14.3. The highest BCUT2D eigenvalue weighted by Crippen LogP contribution is 2.18. The molecule has 0 unspecified atom stereocenters. The van der Waals surface area contributed by atoms with Crippen LogP contribution in [0.15, 0.2) is 24.5 Å². The molecule has 2 N–H and O–H groups in total. The van der Waals surface area contributed by atoms with E-state index in [2.05, 4.69) is 20.7 Å². The summed E-state index contributed by atoms with van der Waals surface area (Å²) in [6, 6.07) is 3.22. The number of urea groups is 1. The van der Waals surface area contributed by atoms with E-state index < -0.39 is 0 Å². The van der Waals surface area contributed by atoms with Gasteiger partial charge in [0.25, 0.3) is 0 Å². The minimum absolute atomic E-state index is 0.245. The fraction of sp³-hybridized carbons (Fsp3) is 0.308. The van der Waals surface area contributed by atoms with Crippen molar-refractivity contribution in [2.75, 3.05) is 10.6 Å². The number of aromatic nitrogens is 3. The summed E-state index contributed by atoms with van der Waals surface area (Å²) < 4.78 is 1.77. The van der Waals surface area contributed by atoms with Crippen molar-refractivity contribution in [3.05, 3.63) is 35.2 Å². The molecule has 6 nitrogen and oxygen atoms in total. The van der Waals surface area contributed by atoms with Gasteiger partial charge in [0.1, 0.15) is 5.15 Å². The summed E-state index contributed by atoms with van der Waals surface area (Å²) in [6.07, 6.45) is 3.42. The molecule has 0 saturated carbocycles. The number of carbonyl (C=O) groups is 1. The van der Waals surface area contributed by atoms with Gasteiger partial charge in [-0.25, -0.2) is 9.78 Å². The number of rotatable bonds is 3. The van der Waals surface area contributed by atoms with Gasteiger partial charge in [-0.15, -0.1) is 0 Å². The Balaban J connectivity index is 2.03. The molecule has 0 bridgehead atoms. The number of hydrogen-bond donors (Lipinski definition) is 2. The van der Waals surface area contributed by atoms with E-state index in [1.54, 1.807) is 23.0 Å². The third-order valence-corrected chi connectivity index (χ3v) is 2.90. The standard InChI is InChI=1S/C13H16ClN5O/c1-8(2)19-5-4-12(18-19)17-13(20)16-10-6-11(14)15-7-9(10)3/h4-8H,1-3H3,(H2,15,16,17,18,20). The van der Waals surface area contributed by atoms with Gasteiger partial charge < -0.3 is 5.32 Å². The first-order valence-electron chi connectivity index (χ1n) is 6.21. The van der Waals surface area contributed by atoms with Crippen molar-refractivity contribution in [2.24, 2.45) is 0 Å². The molecule has 2 amide bonds. The Morgan fingerprint density at radius 2 is 2.15 bits per heavy atom. The zero-order chi connectivity index (χ0) is 14.7. The SMILES string of the molecule is Cc1cnc(Cl)cc1NC(=O)Nc1ccn(C(C)C)n1. The number of amides is 2. The van der Waals surface area contributed by atoms with Gasteiger partial charge >= 0.3 is 6.03 Å². The first-order valence-corrected chi connectivity index (χ1v) is 6.59. The number of anilines is 2. The number of nitrogens with zero attached hydrogens (tertiary/aromatic N) is 3. The minimum Gasteiger partial charge on any atom is -0.307 e. The summed E-state index contributed by atoms with van der Waals surface area (Å²) in [5.74, 6) is 0.494. The Bertz CT molecular complexity index is 623. The number of aryl methyl sites for hydroxylation is 1. The zero-order valence-electron chi connectivity index (χ0n) is 11.5. The molecule has 106 valence electrons. The lowest BCUT2D eigenvalue weighted by atomic mass is 10.2. The molecule has 2 aromatic heterocycles. The molecule has 0 aromatic carbocycles. The second-order valence-electron chi connectivity index (χ2n) is 4.68. The van der Waals surface area contributed by atoms with Gasteiger partial charge in [-0.3, -0.25) is 10.00 Å². The fourth-order valence-corrected chi connectivity index (χ4v) is 1.75. The van der Waals surface area contributed by atoms with Crippen molar-refractivity contribution in [3.8, 4) is 0 Å². The van der Waals surface area contributed by atoms with Gasteiger partial charge in [0.15, 0.2) is 5.82 Å². The topological polar surface area (TPSA) is 71.8 Å². The maximum Gasteiger partial charge on any atom is 0.324 e. The molecule has 2 rings (SSSR count). The molecule has 0 aliphatic rings. The Morgan fingerprint density at radius 3 is 2.80 bits per heavy atom. The summed E-state index contributed by atoms with van der Waals surface area (Å²) in [4.78, 5) is 15.8. The molecule has 20 heavy (non-hydrogen) atoms. The molecule has 2 heterocycles. The van der Waals surface area contributed by atoms with E-state index in [1.807, 2.05) is 27.0 Å². The Morgan fingerprint density at radius 1 is 1.40 bits per heavy atom. The smallest absolute Gasteiger partial charge is 0.307 e. The maximum atomic E-state index is 11.9. The Hall–Kier alpha value is -2.08. The van der Waals surface area contributed by atoms with Gasteiger partial charge in [-0.05, 0) is 32.4 Å². The molecule has 7 heteroatoms. The van der Waals surface area contributed by atoms with E-state index in [1.165, 1.54) is 0 Å². The van der Waals surface area contributed by atoms with Gasteiger partial charge in [-0.1, -0.05) is 11.6 Å². The second kappa shape index (κ2) is 5.92. The number of halogens is 1. The van der Waals surface area contributed by atoms with Crippen molar-refractivity contribution >= 4 is 29.1 Å². The predicted molar refractivity (Wildman–Crippen MR) is 79.2 cm³/mol. The molecule has 2 aromatic rings. The monoisotopic (exact) mass is 293 g/mol. The van der Waals surface area contributed by atoms with Crippen molar-refractivity contribution < 1.29 is 4.79 Å². The molecule has 0 atom stereocenters. The normalized spacial score (nSPS) is 10.7. The van der Waals surface area contributed by atoms with E-state index in [9.17, 15) is 4.79 Å². The summed E-state index contributed by atoms with van der Waals surface area (Å²) in [6.45, 7) is 5.87. The highest BCUT2D eigenvalue weighted by atomic mass is 35.5. The number of pyridine rings is 1. The highest BCUT2D eigenvalue weighted by Gasteiger charge is 2.08. The van der Waals surface area contributed by atoms with E-state index >= 15 is 0 Å². The van der Waals surface area contributed by atoms with Crippen molar-refractivity contribution in [2.45, 2.75) is 26.8 Å². The highest BCUT2D eigenvalue weighted by molar-refractivity contribution is 6.29. The van der Waals surface area contributed by atoms with Crippen LogP contribution in [0.4, 0.5) is 16.3 Å². The van der Waals surface area contributed by atoms with Gasteiger partial charge in [0.2, 0.25) is 0 Å². The van der Waals surface area contributed by atoms with Crippen molar-refractivity contribution in [1.29, 1.82) is 0 Å². The van der Waals surface area contributed by atoms with Crippen LogP contribution in [0.5, 0.6) is 0 Å². The third kappa shape index (κ3) is 3.48. The van der Waals surface area contributed by atoms with Crippen LogP contribution in [0, 0.1) is 6.92 Å². The predicted octanol–water partition coefficient (Wildman–Crippen LogP) is 3.46. The van der Waals surface area contributed by atoms with Crippen LogP contribution >= 0.6 is 11.6 Å². The summed E-state index contributed by atoms with van der Waals surface area (Å²) in [7, 11) is 0. The zero-order valence-corrected chi connectivity index (χ0v) is 12.3. The molecule has 0 radical (unpaired) electrons. The fourth-order valence-electron chi connectivity index (χ4n) is 1.60.